The lowest BCUT2D eigenvalue weighted by molar-refractivity contribution is -0.119. The number of para-hydroxylation sites is 2. The van der Waals surface area contributed by atoms with Crippen LogP contribution in [0.3, 0.4) is 0 Å². The largest absolute Gasteiger partial charge is 0.496 e. The lowest BCUT2D eigenvalue weighted by Gasteiger charge is -2.34. The fraction of sp³-hybridized carbons (Fsp3) is 0.286. The molecule has 1 aliphatic rings. The molecule has 4 aromatic rings. The monoisotopic (exact) mass is 483 g/mol. The van der Waals surface area contributed by atoms with Gasteiger partial charge < -0.3 is 14.6 Å². The van der Waals surface area contributed by atoms with Crippen LogP contribution < -0.4 is 10.1 Å². The average Bonchev–Trinajstić information content (AvgIpc) is 3.55. The van der Waals surface area contributed by atoms with Gasteiger partial charge in [-0.25, -0.2) is 4.68 Å². The number of nitrogens with one attached hydrogen (secondary N) is 1. The van der Waals surface area contributed by atoms with Crippen molar-refractivity contribution in [1.29, 1.82) is 0 Å². The fourth-order valence-electron chi connectivity index (χ4n) is 4.77. The van der Waals surface area contributed by atoms with E-state index in [1.54, 1.807) is 26.2 Å². The van der Waals surface area contributed by atoms with Crippen LogP contribution in [0.2, 0.25) is 0 Å². The number of methoxy groups -OCH3 is 1. The Labute approximate surface area is 210 Å². The first kappa shape index (κ1) is 23.5. The van der Waals surface area contributed by atoms with E-state index in [1.165, 1.54) is 0 Å². The first-order valence-corrected chi connectivity index (χ1v) is 12.2. The molecule has 1 aliphatic carbocycles. The van der Waals surface area contributed by atoms with E-state index in [0.29, 0.717) is 17.5 Å². The molecule has 8 nitrogen and oxygen atoms in total. The molecule has 2 aromatic heterocycles. The molecule has 0 saturated heterocycles. The summed E-state index contributed by atoms with van der Waals surface area (Å²) < 4.78 is 12.6. The molecule has 0 atom stereocenters. The van der Waals surface area contributed by atoms with Crippen LogP contribution in [0, 0.1) is 6.92 Å². The van der Waals surface area contributed by atoms with Gasteiger partial charge >= 0.3 is 0 Å². The lowest BCUT2D eigenvalue weighted by Crippen LogP contribution is -2.47. The second kappa shape index (κ2) is 10.2. The number of aromatic nitrogens is 4. The molecule has 0 spiro atoms. The van der Waals surface area contributed by atoms with E-state index < -0.39 is 5.54 Å². The number of aryl methyl sites for hydroxylation is 1. The van der Waals surface area contributed by atoms with Crippen molar-refractivity contribution in [1.82, 2.24) is 25.2 Å². The Morgan fingerprint density at radius 2 is 1.83 bits per heavy atom. The van der Waals surface area contributed by atoms with Crippen molar-refractivity contribution in [2.45, 2.75) is 44.6 Å². The summed E-state index contributed by atoms with van der Waals surface area (Å²) in [7, 11) is 1.64. The number of carbonyl (C=O) groups excluding carboxylic acids is 1. The quantitative estimate of drug-likeness (QED) is 0.362. The van der Waals surface area contributed by atoms with Crippen LogP contribution in [0.15, 0.2) is 71.4 Å². The van der Waals surface area contributed by atoms with Crippen molar-refractivity contribution in [2.75, 3.05) is 7.11 Å². The van der Waals surface area contributed by atoms with E-state index in [-0.39, 0.29) is 5.91 Å². The smallest absolute Gasteiger partial charge is 0.244 e. The van der Waals surface area contributed by atoms with Crippen LogP contribution in [-0.2, 0) is 10.3 Å². The molecule has 8 heteroatoms. The zero-order chi connectivity index (χ0) is 25.0. The number of hydrogen-bond acceptors (Lipinski definition) is 6. The van der Waals surface area contributed by atoms with Gasteiger partial charge in [-0.15, -0.1) is 0 Å². The van der Waals surface area contributed by atoms with Crippen LogP contribution >= 0.6 is 0 Å². The van der Waals surface area contributed by atoms with Crippen LogP contribution in [0.25, 0.3) is 23.0 Å². The summed E-state index contributed by atoms with van der Waals surface area (Å²) in [5.74, 6) is 1.55. The molecule has 1 saturated carbocycles. The maximum Gasteiger partial charge on any atom is 0.244 e. The fourth-order valence-corrected chi connectivity index (χ4v) is 4.77. The molecule has 2 aromatic carbocycles. The van der Waals surface area contributed by atoms with Gasteiger partial charge in [0.05, 0.1) is 12.8 Å². The molecular weight excluding hydrogens is 454 g/mol. The van der Waals surface area contributed by atoms with Gasteiger partial charge in [-0.1, -0.05) is 54.8 Å². The molecule has 1 amide bonds. The van der Waals surface area contributed by atoms with E-state index in [0.717, 1.165) is 54.6 Å². The summed E-state index contributed by atoms with van der Waals surface area (Å²) in [6.45, 7) is 1.76. The number of rotatable bonds is 7. The molecule has 1 N–H and O–H groups in total. The summed E-state index contributed by atoms with van der Waals surface area (Å²) >= 11 is 0. The Hall–Kier alpha value is -4.20. The van der Waals surface area contributed by atoms with Crippen LogP contribution in [0.4, 0.5) is 0 Å². The maximum atomic E-state index is 13.2. The highest BCUT2D eigenvalue weighted by atomic mass is 16.5. The molecule has 184 valence electrons. The Kier molecular flexibility index (Phi) is 6.66. The van der Waals surface area contributed by atoms with Crippen molar-refractivity contribution >= 4 is 12.0 Å². The van der Waals surface area contributed by atoms with Gasteiger partial charge in [0.1, 0.15) is 17.0 Å². The zero-order valence-corrected chi connectivity index (χ0v) is 20.5. The van der Waals surface area contributed by atoms with Gasteiger partial charge in [-0.3, -0.25) is 4.79 Å². The minimum atomic E-state index is -0.614. The van der Waals surface area contributed by atoms with Crippen molar-refractivity contribution in [3.8, 4) is 22.7 Å². The Balaban J connectivity index is 1.47. The lowest BCUT2D eigenvalue weighted by atomic mass is 9.81. The highest BCUT2D eigenvalue weighted by Crippen LogP contribution is 2.36. The van der Waals surface area contributed by atoms with E-state index >= 15 is 0 Å². The number of ether oxygens (including phenoxy) is 1. The van der Waals surface area contributed by atoms with Gasteiger partial charge in [-0.2, -0.15) is 10.1 Å². The average molecular weight is 484 g/mol. The van der Waals surface area contributed by atoms with Gasteiger partial charge in [0, 0.05) is 30.3 Å². The standard InChI is InChI=1S/C28H29N5O3/c1-20-29-27(32-36-20)28(17-9-4-10-18-28)30-25(34)16-15-21-19-33(22-11-5-3-6-12-22)31-26(21)23-13-7-8-14-24(23)35-2/h3,5-8,11-16,19H,4,9-10,17-18H2,1-2H3,(H,30,34)/b16-15+. The highest BCUT2D eigenvalue weighted by molar-refractivity contribution is 5.93. The molecule has 1 fully saturated rings. The first-order valence-electron chi connectivity index (χ1n) is 12.2. The van der Waals surface area contributed by atoms with Crippen LogP contribution in [0.5, 0.6) is 5.75 Å². The highest BCUT2D eigenvalue weighted by Gasteiger charge is 2.39. The molecule has 0 aliphatic heterocycles. The van der Waals surface area contributed by atoms with E-state index in [4.69, 9.17) is 14.4 Å². The van der Waals surface area contributed by atoms with Crippen LogP contribution in [-0.4, -0.2) is 32.9 Å². The summed E-state index contributed by atoms with van der Waals surface area (Å²) in [6, 6.07) is 17.6. The van der Waals surface area contributed by atoms with Gasteiger partial charge in [0.2, 0.25) is 11.8 Å². The summed E-state index contributed by atoms with van der Waals surface area (Å²) in [5.41, 5.74) is 2.68. The number of nitrogens with zero attached hydrogens (tertiary/aromatic N) is 4. The maximum absolute atomic E-state index is 13.2. The normalized spacial score (nSPS) is 15.2. The molecule has 36 heavy (non-hydrogen) atoms. The SMILES string of the molecule is COc1ccccc1-c1nn(-c2ccccc2)cc1/C=C/C(=O)NC1(c2noc(C)n2)CCCCC1. The molecule has 0 bridgehead atoms. The van der Waals surface area contributed by atoms with Crippen molar-refractivity contribution in [3.63, 3.8) is 0 Å². The number of hydrogen-bond donors (Lipinski definition) is 1. The van der Waals surface area contributed by atoms with E-state index in [9.17, 15) is 4.79 Å². The minimum Gasteiger partial charge on any atom is -0.496 e. The van der Waals surface area contributed by atoms with Gasteiger partial charge in [0.15, 0.2) is 5.82 Å². The van der Waals surface area contributed by atoms with Crippen molar-refractivity contribution in [3.05, 3.63) is 84.1 Å². The summed E-state index contributed by atoms with van der Waals surface area (Å²) in [4.78, 5) is 17.6. The Morgan fingerprint density at radius 3 is 2.56 bits per heavy atom. The zero-order valence-electron chi connectivity index (χ0n) is 20.5. The van der Waals surface area contributed by atoms with E-state index in [1.807, 2.05) is 65.5 Å². The number of amides is 1. The molecule has 0 radical (unpaired) electrons. The topological polar surface area (TPSA) is 95.1 Å². The van der Waals surface area contributed by atoms with Gasteiger partial charge in [0.25, 0.3) is 0 Å². The Morgan fingerprint density at radius 1 is 1.08 bits per heavy atom. The summed E-state index contributed by atoms with van der Waals surface area (Å²) in [5, 5.41) is 12.2. The Bertz CT molecular complexity index is 1370. The molecule has 5 rings (SSSR count). The molecule has 0 unspecified atom stereocenters. The van der Waals surface area contributed by atoms with Crippen molar-refractivity contribution in [2.24, 2.45) is 0 Å². The third kappa shape index (κ3) is 4.79. The summed E-state index contributed by atoms with van der Waals surface area (Å²) in [6.07, 6.45) is 9.95. The van der Waals surface area contributed by atoms with Crippen LogP contribution in [0.1, 0.15) is 49.4 Å². The number of carbonyl (C=O) groups is 1. The predicted molar refractivity (Wildman–Crippen MR) is 137 cm³/mol. The second-order valence-electron chi connectivity index (χ2n) is 9.02. The first-order chi connectivity index (χ1) is 17.6. The predicted octanol–water partition coefficient (Wildman–Crippen LogP) is 5.23. The third-order valence-electron chi connectivity index (χ3n) is 6.56. The molecule has 2 heterocycles. The number of benzene rings is 2. The molecular formula is C28H29N5O3. The van der Waals surface area contributed by atoms with Gasteiger partial charge in [-0.05, 0) is 43.2 Å². The minimum absolute atomic E-state index is 0.210. The third-order valence-corrected chi connectivity index (χ3v) is 6.56. The van der Waals surface area contributed by atoms with Crippen molar-refractivity contribution < 1.29 is 14.1 Å². The second-order valence-corrected chi connectivity index (χ2v) is 9.02. The van der Waals surface area contributed by atoms with E-state index in [2.05, 4.69) is 15.5 Å².